The maximum atomic E-state index is 13.3. The molecule has 2 aromatic rings. The molecule has 0 aliphatic heterocycles. The molecule has 2 amide bonds. The van der Waals surface area contributed by atoms with Gasteiger partial charge in [0.25, 0.3) is 5.91 Å². The molecule has 0 saturated heterocycles. The van der Waals surface area contributed by atoms with Gasteiger partial charge < -0.3 is 19.7 Å². The lowest BCUT2D eigenvalue weighted by Gasteiger charge is -2.31. The molecule has 0 radical (unpaired) electrons. The first-order valence-electron chi connectivity index (χ1n) is 11.2. The van der Waals surface area contributed by atoms with Crippen molar-refractivity contribution in [1.82, 2.24) is 10.2 Å². The van der Waals surface area contributed by atoms with Crippen molar-refractivity contribution >= 4 is 11.8 Å². The van der Waals surface area contributed by atoms with Crippen LogP contribution in [-0.2, 0) is 16.1 Å². The van der Waals surface area contributed by atoms with Crippen molar-refractivity contribution in [2.45, 2.75) is 66.1 Å². The van der Waals surface area contributed by atoms with E-state index in [4.69, 9.17) is 9.47 Å². The van der Waals surface area contributed by atoms with Gasteiger partial charge in [0.15, 0.2) is 6.61 Å². The molecule has 0 aliphatic carbocycles. The lowest BCUT2D eigenvalue weighted by molar-refractivity contribution is -0.143. The molecule has 0 fully saturated rings. The van der Waals surface area contributed by atoms with E-state index in [2.05, 4.69) is 5.32 Å². The van der Waals surface area contributed by atoms with E-state index < -0.39 is 6.04 Å². The number of hydrogen-bond acceptors (Lipinski definition) is 4. The predicted octanol–water partition coefficient (Wildman–Crippen LogP) is 4.41. The maximum Gasteiger partial charge on any atom is 0.261 e. The minimum Gasteiger partial charge on any atom is -0.497 e. The van der Waals surface area contributed by atoms with Crippen LogP contribution in [0.3, 0.4) is 0 Å². The maximum absolute atomic E-state index is 13.3. The Hall–Kier alpha value is -3.02. The van der Waals surface area contributed by atoms with E-state index in [0.29, 0.717) is 24.5 Å². The molecular weight excluding hydrogens is 404 g/mol. The fourth-order valence-corrected chi connectivity index (χ4v) is 3.41. The second kappa shape index (κ2) is 12.1. The van der Waals surface area contributed by atoms with Gasteiger partial charge in [-0.1, -0.05) is 38.1 Å². The Labute approximate surface area is 191 Å². The summed E-state index contributed by atoms with van der Waals surface area (Å²) in [6.45, 7) is 9.97. The normalized spacial score (nSPS) is 12.6. The summed E-state index contributed by atoms with van der Waals surface area (Å²) in [5.41, 5.74) is 2.91. The summed E-state index contributed by atoms with van der Waals surface area (Å²) in [5.74, 6) is 1.00. The van der Waals surface area contributed by atoms with Gasteiger partial charge in [0.05, 0.1) is 7.11 Å². The van der Waals surface area contributed by atoms with Crippen LogP contribution >= 0.6 is 0 Å². The standard InChI is InChI=1S/C26H36N2O4/c1-7-20(5)27-26(30)23(8-2)28(16-21-10-9-11-22(15-21)31-6)25(29)17-32-24-14-18(3)12-13-19(24)4/h9-15,20,23H,7-8,16-17H2,1-6H3,(H,27,30)/t20-,23-/m1/s1. The summed E-state index contributed by atoms with van der Waals surface area (Å²) in [4.78, 5) is 27.9. The van der Waals surface area contributed by atoms with E-state index in [1.165, 1.54) is 0 Å². The first-order valence-corrected chi connectivity index (χ1v) is 11.2. The summed E-state index contributed by atoms with van der Waals surface area (Å²) < 4.78 is 11.2. The molecule has 0 spiro atoms. The molecule has 0 saturated carbocycles. The largest absolute Gasteiger partial charge is 0.497 e. The fraction of sp³-hybridized carbons (Fsp3) is 0.462. The van der Waals surface area contributed by atoms with E-state index in [0.717, 1.165) is 23.1 Å². The minimum absolute atomic E-state index is 0.0384. The predicted molar refractivity (Wildman–Crippen MR) is 127 cm³/mol. The number of ether oxygens (including phenoxy) is 2. The Balaban J connectivity index is 2.27. The van der Waals surface area contributed by atoms with Gasteiger partial charge in [0.1, 0.15) is 17.5 Å². The average Bonchev–Trinajstić information content (AvgIpc) is 2.79. The van der Waals surface area contributed by atoms with Crippen LogP contribution in [-0.4, -0.2) is 42.5 Å². The molecule has 0 aromatic heterocycles. The van der Waals surface area contributed by atoms with Crippen LogP contribution in [0.15, 0.2) is 42.5 Å². The van der Waals surface area contributed by atoms with Crippen LogP contribution in [0.4, 0.5) is 0 Å². The third kappa shape index (κ3) is 7.01. The number of aryl methyl sites for hydroxylation is 2. The number of amides is 2. The molecule has 2 atom stereocenters. The van der Waals surface area contributed by atoms with E-state index in [1.807, 2.05) is 77.1 Å². The monoisotopic (exact) mass is 440 g/mol. The third-order valence-corrected chi connectivity index (χ3v) is 5.57. The highest BCUT2D eigenvalue weighted by atomic mass is 16.5. The lowest BCUT2D eigenvalue weighted by Crippen LogP contribution is -2.51. The van der Waals surface area contributed by atoms with Crippen molar-refractivity contribution in [3.8, 4) is 11.5 Å². The molecule has 0 heterocycles. The molecule has 6 nitrogen and oxygen atoms in total. The van der Waals surface area contributed by atoms with Crippen LogP contribution in [0.2, 0.25) is 0 Å². The van der Waals surface area contributed by atoms with Crippen LogP contribution < -0.4 is 14.8 Å². The van der Waals surface area contributed by atoms with Gasteiger partial charge in [0.2, 0.25) is 5.91 Å². The minimum atomic E-state index is -0.593. The van der Waals surface area contributed by atoms with Gasteiger partial charge >= 0.3 is 0 Å². The van der Waals surface area contributed by atoms with Gasteiger partial charge in [-0.15, -0.1) is 0 Å². The molecule has 2 rings (SSSR count). The van der Waals surface area contributed by atoms with Gasteiger partial charge in [-0.25, -0.2) is 0 Å². The molecular formula is C26H36N2O4. The van der Waals surface area contributed by atoms with Crippen LogP contribution in [0.1, 0.15) is 50.3 Å². The summed E-state index contributed by atoms with van der Waals surface area (Å²) in [6, 6.07) is 12.9. The molecule has 0 unspecified atom stereocenters. The topological polar surface area (TPSA) is 67.9 Å². The zero-order valence-electron chi connectivity index (χ0n) is 20.1. The van der Waals surface area contributed by atoms with E-state index in [1.54, 1.807) is 12.0 Å². The van der Waals surface area contributed by atoms with Crippen molar-refractivity contribution < 1.29 is 19.1 Å². The highest BCUT2D eigenvalue weighted by Crippen LogP contribution is 2.21. The highest BCUT2D eigenvalue weighted by molar-refractivity contribution is 5.88. The summed E-state index contributed by atoms with van der Waals surface area (Å²) in [7, 11) is 1.61. The number of hydrogen-bond donors (Lipinski definition) is 1. The fourth-order valence-electron chi connectivity index (χ4n) is 3.41. The number of benzene rings is 2. The SMILES string of the molecule is CC[C@@H](C)NC(=O)[C@@H](CC)N(Cc1cccc(OC)c1)C(=O)COc1cc(C)ccc1C. The van der Waals surface area contributed by atoms with Gasteiger partial charge in [-0.3, -0.25) is 9.59 Å². The van der Waals surface area contributed by atoms with Gasteiger partial charge in [0, 0.05) is 12.6 Å². The molecule has 0 aliphatic rings. The van der Waals surface area contributed by atoms with Crippen molar-refractivity contribution in [3.05, 3.63) is 59.2 Å². The van der Waals surface area contributed by atoms with Crippen molar-refractivity contribution in [3.63, 3.8) is 0 Å². The molecule has 1 N–H and O–H groups in total. The smallest absolute Gasteiger partial charge is 0.261 e. The molecule has 6 heteroatoms. The van der Waals surface area contributed by atoms with Crippen molar-refractivity contribution in [2.24, 2.45) is 0 Å². The highest BCUT2D eigenvalue weighted by Gasteiger charge is 2.29. The van der Waals surface area contributed by atoms with Crippen LogP contribution in [0.25, 0.3) is 0 Å². The third-order valence-electron chi connectivity index (χ3n) is 5.57. The summed E-state index contributed by atoms with van der Waals surface area (Å²) in [6.07, 6.45) is 1.32. The summed E-state index contributed by atoms with van der Waals surface area (Å²) >= 11 is 0. The van der Waals surface area contributed by atoms with Crippen molar-refractivity contribution in [2.75, 3.05) is 13.7 Å². The Morgan fingerprint density at radius 2 is 1.81 bits per heavy atom. The first-order chi connectivity index (χ1) is 15.3. The van der Waals surface area contributed by atoms with Gasteiger partial charge in [-0.05, 0) is 68.5 Å². The molecule has 0 bridgehead atoms. The Morgan fingerprint density at radius 3 is 2.47 bits per heavy atom. The second-order valence-corrected chi connectivity index (χ2v) is 8.17. The second-order valence-electron chi connectivity index (χ2n) is 8.17. The summed E-state index contributed by atoms with van der Waals surface area (Å²) in [5, 5.41) is 3.02. The van der Waals surface area contributed by atoms with Gasteiger partial charge in [-0.2, -0.15) is 0 Å². The quantitative estimate of drug-likeness (QED) is 0.562. The molecule has 32 heavy (non-hydrogen) atoms. The Morgan fingerprint density at radius 1 is 1.06 bits per heavy atom. The van der Waals surface area contributed by atoms with Crippen molar-refractivity contribution in [1.29, 1.82) is 0 Å². The Kier molecular flexibility index (Phi) is 9.57. The number of carbonyl (C=O) groups excluding carboxylic acids is 2. The van der Waals surface area contributed by atoms with Crippen LogP contribution in [0.5, 0.6) is 11.5 Å². The number of rotatable bonds is 11. The number of methoxy groups -OCH3 is 1. The number of carbonyl (C=O) groups is 2. The number of nitrogens with one attached hydrogen (secondary N) is 1. The Bertz CT molecular complexity index is 912. The van der Waals surface area contributed by atoms with E-state index >= 15 is 0 Å². The zero-order valence-corrected chi connectivity index (χ0v) is 20.1. The van der Waals surface area contributed by atoms with E-state index in [-0.39, 0.29) is 24.5 Å². The average molecular weight is 441 g/mol. The molecule has 174 valence electrons. The lowest BCUT2D eigenvalue weighted by atomic mass is 10.1. The zero-order chi connectivity index (χ0) is 23.7. The number of nitrogens with zero attached hydrogens (tertiary/aromatic N) is 1. The first kappa shape index (κ1) is 25.2. The molecule has 2 aromatic carbocycles. The van der Waals surface area contributed by atoms with E-state index in [9.17, 15) is 9.59 Å². The van der Waals surface area contributed by atoms with Crippen LogP contribution in [0, 0.1) is 13.8 Å².